The number of carbonyl (C=O) groups excluding carboxylic acids is 1. The molecule has 2 heterocycles. The molecule has 1 aromatic heterocycles. The van der Waals surface area contributed by atoms with E-state index in [9.17, 15) is 4.79 Å². The van der Waals surface area contributed by atoms with Gasteiger partial charge in [0.15, 0.2) is 0 Å². The molecule has 1 aliphatic carbocycles. The molecule has 0 unspecified atom stereocenters. The Bertz CT molecular complexity index is 729. The second-order valence-electron chi connectivity index (χ2n) is 6.61. The first-order valence-corrected chi connectivity index (χ1v) is 9.78. The van der Waals surface area contributed by atoms with Gasteiger partial charge in [0.2, 0.25) is 5.91 Å². The first-order valence-electron chi connectivity index (χ1n) is 8.97. The number of benzene rings is 1. The summed E-state index contributed by atoms with van der Waals surface area (Å²) in [5.74, 6) is 0.0254. The summed E-state index contributed by atoms with van der Waals surface area (Å²) < 4.78 is 5.32. The molecule has 1 aromatic carbocycles. The van der Waals surface area contributed by atoms with Crippen molar-refractivity contribution in [2.75, 3.05) is 38.2 Å². The average Bonchev–Trinajstić information content (AvgIpc) is 3.07. The standard InChI is InChI=1S/C19H23N3O2S/c23-18(13-22-8-10-24-11-9-22)20-15-5-3-4-14(12-15)19-21-16-6-1-2-7-17(16)25-19/h3-5,12H,1-2,6-11,13H2,(H,20,23). The summed E-state index contributed by atoms with van der Waals surface area (Å²) in [4.78, 5) is 20.7. The maximum absolute atomic E-state index is 12.3. The summed E-state index contributed by atoms with van der Waals surface area (Å²) >= 11 is 1.80. The Balaban J connectivity index is 1.44. The van der Waals surface area contributed by atoms with Gasteiger partial charge in [-0.3, -0.25) is 9.69 Å². The number of anilines is 1. The molecule has 6 heteroatoms. The molecular weight excluding hydrogens is 334 g/mol. The molecule has 0 atom stereocenters. The van der Waals surface area contributed by atoms with Crippen molar-refractivity contribution in [3.8, 4) is 10.6 Å². The zero-order chi connectivity index (χ0) is 17.1. The molecule has 1 amide bonds. The van der Waals surface area contributed by atoms with E-state index in [2.05, 4.69) is 16.3 Å². The lowest BCUT2D eigenvalue weighted by atomic mass is 10.0. The highest BCUT2D eigenvalue weighted by Crippen LogP contribution is 2.33. The summed E-state index contributed by atoms with van der Waals surface area (Å²) in [6.07, 6.45) is 4.77. The summed E-state index contributed by atoms with van der Waals surface area (Å²) in [6, 6.07) is 8.03. The Labute approximate surface area is 152 Å². The van der Waals surface area contributed by atoms with Crippen molar-refractivity contribution >= 4 is 22.9 Å². The number of thiazole rings is 1. The molecule has 132 valence electrons. The largest absolute Gasteiger partial charge is 0.379 e. The fraction of sp³-hybridized carbons (Fsp3) is 0.474. The van der Waals surface area contributed by atoms with Crippen LogP contribution in [0.5, 0.6) is 0 Å². The number of morpholine rings is 1. The molecule has 0 spiro atoms. The van der Waals surface area contributed by atoms with Gasteiger partial charge >= 0.3 is 0 Å². The van der Waals surface area contributed by atoms with Crippen LogP contribution >= 0.6 is 11.3 Å². The molecule has 4 rings (SSSR count). The van der Waals surface area contributed by atoms with Gasteiger partial charge in [-0.2, -0.15) is 0 Å². The molecule has 1 saturated heterocycles. The zero-order valence-electron chi connectivity index (χ0n) is 14.3. The van der Waals surface area contributed by atoms with E-state index in [4.69, 9.17) is 9.72 Å². The van der Waals surface area contributed by atoms with Crippen LogP contribution in [0, 0.1) is 0 Å². The number of nitrogens with zero attached hydrogens (tertiary/aromatic N) is 2. The van der Waals surface area contributed by atoms with E-state index in [1.807, 2.05) is 18.2 Å². The molecule has 1 fully saturated rings. The number of hydrogen-bond acceptors (Lipinski definition) is 5. The van der Waals surface area contributed by atoms with Crippen LogP contribution in [-0.4, -0.2) is 48.6 Å². The predicted octanol–water partition coefficient (Wildman–Crippen LogP) is 2.96. The number of ether oxygens (including phenoxy) is 1. The maximum Gasteiger partial charge on any atom is 0.238 e. The van der Waals surface area contributed by atoms with Gasteiger partial charge in [0.05, 0.1) is 25.5 Å². The van der Waals surface area contributed by atoms with Crippen LogP contribution in [0.15, 0.2) is 24.3 Å². The normalized spacial score (nSPS) is 17.9. The first-order chi connectivity index (χ1) is 12.3. The van der Waals surface area contributed by atoms with Crippen molar-refractivity contribution in [2.24, 2.45) is 0 Å². The Kier molecular flexibility index (Phi) is 5.10. The molecule has 25 heavy (non-hydrogen) atoms. The Morgan fingerprint density at radius 1 is 1.24 bits per heavy atom. The highest BCUT2D eigenvalue weighted by molar-refractivity contribution is 7.15. The monoisotopic (exact) mass is 357 g/mol. The van der Waals surface area contributed by atoms with Crippen molar-refractivity contribution in [1.29, 1.82) is 0 Å². The molecule has 0 saturated carbocycles. The van der Waals surface area contributed by atoms with Gasteiger partial charge in [0.25, 0.3) is 0 Å². The van der Waals surface area contributed by atoms with E-state index in [0.717, 1.165) is 42.2 Å². The number of hydrogen-bond donors (Lipinski definition) is 1. The lowest BCUT2D eigenvalue weighted by Crippen LogP contribution is -2.41. The van der Waals surface area contributed by atoms with E-state index in [1.165, 1.54) is 23.4 Å². The predicted molar refractivity (Wildman–Crippen MR) is 100 cm³/mol. The fourth-order valence-electron chi connectivity index (χ4n) is 3.37. The van der Waals surface area contributed by atoms with Crippen LogP contribution in [0.2, 0.25) is 0 Å². The lowest BCUT2D eigenvalue weighted by molar-refractivity contribution is -0.118. The van der Waals surface area contributed by atoms with Crippen molar-refractivity contribution < 1.29 is 9.53 Å². The van der Waals surface area contributed by atoms with Crippen molar-refractivity contribution in [1.82, 2.24) is 9.88 Å². The number of aryl methyl sites for hydroxylation is 2. The fourth-order valence-corrected chi connectivity index (χ4v) is 4.51. The number of amides is 1. The molecule has 1 aliphatic heterocycles. The van der Waals surface area contributed by atoms with Crippen molar-refractivity contribution in [3.05, 3.63) is 34.8 Å². The number of carbonyl (C=O) groups is 1. The van der Waals surface area contributed by atoms with Crippen LogP contribution in [0.25, 0.3) is 10.6 Å². The topological polar surface area (TPSA) is 54.5 Å². The molecule has 1 N–H and O–H groups in total. The van der Waals surface area contributed by atoms with Crippen molar-refractivity contribution in [3.63, 3.8) is 0 Å². The van der Waals surface area contributed by atoms with Gasteiger partial charge in [-0.05, 0) is 37.8 Å². The molecule has 0 radical (unpaired) electrons. The minimum absolute atomic E-state index is 0.0254. The SMILES string of the molecule is O=C(CN1CCOCC1)Nc1cccc(-c2nc3c(s2)CCCC3)c1. The number of aromatic nitrogens is 1. The molecule has 2 aromatic rings. The van der Waals surface area contributed by atoms with E-state index < -0.39 is 0 Å². The summed E-state index contributed by atoms with van der Waals surface area (Å²) in [7, 11) is 0. The number of rotatable bonds is 4. The highest BCUT2D eigenvalue weighted by atomic mass is 32.1. The number of fused-ring (bicyclic) bond motifs is 1. The summed E-state index contributed by atoms with van der Waals surface area (Å²) in [5.41, 5.74) is 3.19. The van der Waals surface area contributed by atoms with Gasteiger partial charge in [-0.25, -0.2) is 4.98 Å². The minimum atomic E-state index is 0.0254. The third-order valence-corrected chi connectivity index (χ3v) is 5.92. The maximum atomic E-state index is 12.3. The van der Waals surface area contributed by atoms with E-state index in [0.29, 0.717) is 19.8 Å². The highest BCUT2D eigenvalue weighted by Gasteiger charge is 2.17. The quantitative estimate of drug-likeness (QED) is 0.914. The summed E-state index contributed by atoms with van der Waals surface area (Å²) in [5, 5.41) is 4.08. The Morgan fingerprint density at radius 3 is 2.92 bits per heavy atom. The van der Waals surface area contributed by atoms with Gasteiger partial charge in [-0.1, -0.05) is 12.1 Å². The van der Waals surface area contributed by atoms with Gasteiger partial charge in [0, 0.05) is 29.2 Å². The molecule has 2 aliphatic rings. The smallest absolute Gasteiger partial charge is 0.238 e. The van der Waals surface area contributed by atoms with Crippen LogP contribution in [0.3, 0.4) is 0 Å². The first kappa shape index (κ1) is 16.7. The molecular formula is C19H23N3O2S. The van der Waals surface area contributed by atoms with Crippen LogP contribution in [0.1, 0.15) is 23.4 Å². The van der Waals surface area contributed by atoms with Crippen LogP contribution in [-0.2, 0) is 22.4 Å². The third kappa shape index (κ3) is 4.08. The van der Waals surface area contributed by atoms with E-state index in [1.54, 1.807) is 11.3 Å². The van der Waals surface area contributed by atoms with Gasteiger partial charge < -0.3 is 10.1 Å². The average molecular weight is 357 g/mol. The number of nitrogens with one attached hydrogen (secondary N) is 1. The Hall–Kier alpha value is -1.76. The second kappa shape index (κ2) is 7.64. The van der Waals surface area contributed by atoms with Crippen LogP contribution in [0.4, 0.5) is 5.69 Å². The minimum Gasteiger partial charge on any atom is -0.379 e. The third-order valence-electron chi connectivity index (χ3n) is 4.71. The van der Waals surface area contributed by atoms with Gasteiger partial charge in [-0.15, -0.1) is 11.3 Å². The second-order valence-corrected chi connectivity index (χ2v) is 7.70. The summed E-state index contributed by atoms with van der Waals surface area (Å²) in [6.45, 7) is 3.46. The Morgan fingerprint density at radius 2 is 2.08 bits per heavy atom. The van der Waals surface area contributed by atoms with E-state index >= 15 is 0 Å². The van der Waals surface area contributed by atoms with Crippen LogP contribution < -0.4 is 5.32 Å². The van der Waals surface area contributed by atoms with Gasteiger partial charge in [0.1, 0.15) is 5.01 Å². The zero-order valence-corrected chi connectivity index (χ0v) is 15.1. The molecule has 5 nitrogen and oxygen atoms in total. The lowest BCUT2D eigenvalue weighted by Gasteiger charge is -2.25. The van der Waals surface area contributed by atoms with Crippen molar-refractivity contribution in [2.45, 2.75) is 25.7 Å². The van der Waals surface area contributed by atoms with E-state index in [-0.39, 0.29) is 5.91 Å². The molecule has 0 bridgehead atoms.